The molecule has 0 unspecified atom stereocenters. The van der Waals surface area contributed by atoms with Crippen molar-refractivity contribution in [2.75, 3.05) is 52.1 Å². The van der Waals surface area contributed by atoms with E-state index in [9.17, 15) is 0 Å². The number of benzene rings is 1. The number of anilines is 1. The van der Waals surface area contributed by atoms with E-state index >= 15 is 0 Å². The molecule has 0 radical (unpaired) electrons. The molecule has 20 heavy (non-hydrogen) atoms. The molecular weight excluding hydrogens is 270 g/mol. The fraction of sp³-hybridized carbons (Fsp3) is 0.625. The Morgan fingerprint density at radius 1 is 1.05 bits per heavy atom. The topological polar surface area (TPSA) is 18.5 Å². The van der Waals surface area contributed by atoms with Crippen molar-refractivity contribution >= 4 is 17.3 Å². The third-order valence-corrected chi connectivity index (χ3v) is 3.34. The first-order valence-electron chi connectivity index (χ1n) is 7.34. The summed E-state index contributed by atoms with van der Waals surface area (Å²) in [6, 6.07) is 7.88. The normalized spacial score (nSPS) is 11.6. The van der Waals surface area contributed by atoms with Gasteiger partial charge in [0.2, 0.25) is 0 Å². The maximum absolute atomic E-state index is 5.88. The lowest BCUT2D eigenvalue weighted by atomic mass is 10.2. The van der Waals surface area contributed by atoms with Gasteiger partial charge in [0.05, 0.1) is 0 Å². The van der Waals surface area contributed by atoms with Crippen LogP contribution < -0.4 is 5.32 Å². The summed E-state index contributed by atoms with van der Waals surface area (Å²) in [5.41, 5.74) is 1.13. The predicted octanol–water partition coefficient (Wildman–Crippen LogP) is 3.27. The molecule has 3 nitrogen and oxygen atoms in total. The van der Waals surface area contributed by atoms with Gasteiger partial charge in [-0.05, 0) is 44.3 Å². The highest BCUT2D eigenvalue weighted by atomic mass is 35.5. The van der Waals surface area contributed by atoms with Gasteiger partial charge in [0.1, 0.15) is 0 Å². The van der Waals surface area contributed by atoms with Crippen LogP contribution >= 0.6 is 11.6 Å². The lowest BCUT2D eigenvalue weighted by Crippen LogP contribution is -2.37. The van der Waals surface area contributed by atoms with Crippen molar-refractivity contribution in [1.82, 2.24) is 9.80 Å². The van der Waals surface area contributed by atoms with Crippen LogP contribution in [0.25, 0.3) is 0 Å². The minimum Gasteiger partial charge on any atom is -0.384 e. The van der Waals surface area contributed by atoms with E-state index in [0.717, 1.165) is 43.4 Å². The lowest BCUT2D eigenvalue weighted by molar-refractivity contribution is 0.226. The molecule has 0 aromatic heterocycles. The van der Waals surface area contributed by atoms with E-state index in [0.29, 0.717) is 5.92 Å². The maximum atomic E-state index is 5.88. The van der Waals surface area contributed by atoms with Gasteiger partial charge in [0.15, 0.2) is 0 Å². The number of hydrogen-bond acceptors (Lipinski definition) is 3. The van der Waals surface area contributed by atoms with Crippen LogP contribution in [-0.2, 0) is 0 Å². The fourth-order valence-electron chi connectivity index (χ4n) is 2.08. The van der Waals surface area contributed by atoms with Crippen molar-refractivity contribution in [3.05, 3.63) is 29.3 Å². The van der Waals surface area contributed by atoms with Crippen molar-refractivity contribution in [3.8, 4) is 0 Å². The number of rotatable bonds is 9. The zero-order valence-corrected chi connectivity index (χ0v) is 14.0. The minimum absolute atomic E-state index is 0.702. The average molecular weight is 298 g/mol. The molecule has 1 rings (SSSR count). The van der Waals surface area contributed by atoms with Gasteiger partial charge in [-0.1, -0.05) is 25.4 Å². The first kappa shape index (κ1) is 17.3. The van der Waals surface area contributed by atoms with E-state index in [4.69, 9.17) is 11.6 Å². The molecule has 0 spiro atoms. The third-order valence-electron chi connectivity index (χ3n) is 3.09. The SMILES string of the molecule is CC(C)CN(CCNc1ccc(Cl)cc1)CCN(C)C. The van der Waals surface area contributed by atoms with E-state index in [-0.39, 0.29) is 0 Å². The molecule has 0 heterocycles. The lowest BCUT2D eigenvalue weighted by Gasteiger charge is -2.26. The highest BCUT2D eigenvalue weighted by molar-refractivity contribution is 6.30. The molecule has 114 valence electrons. The van der Waals surface area contributed by atoms with Crippen LogP contribution in [0.1, 0.15) is 13.8 Å². The van der Waals surface area contributed by atoms with E-state index in [1.54, 1.807) is 0 Å². The number of nitrogens with zero attached hydrogens (tertiary/aromatic N) is 2. The third kappa shape index (κ3) is 7.73. The molecule has 1 aromatic carbocycles. The number of likely N-dealkylation sites (N-methyl/N-ethyl adjacent to an activating group) is 1. The van der Waals surface area contributed by atoms with Gasteiger partial charge >= 0.3 is 0 Å². The minimum atomic E-state index is 0.702. The summed E-state index contributed by atoms with van der Waals surface area (Å²) in [7, 11) is 4.25. The fourth-order valence-corrected chi connectivity index (χ4v) is 2.20. The molecule has 0 aliphatic rings. The molecule has 0 bridgehead atoms. The summed E-state index contributed by atoms with van der Waals surface area (Å²) in [5.74, 6) is 0.702. The first-order chi connectivity index (χ1) is 9.47. The van der Waals surface area contributed by atoms with Gasteiger partial charge in [-0.15, -0.1) is 0 Å². The Hall–Kier alpha value is -0.770. The van der Waals surface area contributed by atoms with Crippen molar-refractivity contribution in [2.45, 2.75) is 13.8 Å². The van der Waals surface area contributed by atoms with Crippen molar-refractivity contribution < 1.29 is 0 Å². The Labute approximate surface area is 128 Å². The quantitative estimate of drug-likeness (QED) is 0.755. The molecule has 0 aliphatic carbocycles. The molecule has 0 saturated heterocycles. The summed E-state index contributed by atoms with van der Waals surface area (Å²) >= 11 is 5.88. The summed E-state index contributed by atoms with van der Waals surface area (Å²) in [5, 5.41) is 4.23. The Kier molecular flexibility index (Phi) is 7.97. The zero-order valence-electron chi connectivity index (χ0n) is 13.2. The van der Waals surface area contributed by atoms with Gasteiger partial charge in [-0.2, -0.15) is 0 Å². The van der Waals surface area contributed by atoms with Crippen molar-refractivity contribution in [1.29, 1.82) is 0 Å². The smallest absolute Gasteiger partial charge is 0.0407 e. The van der Waals surface area contributed by atoms with Gasteiger partial charge < -0.3 is 15.1 Å². The highest BCUT2D eigenvalue weighted by Gasteiger charge is 2.07. The summed E-state index contributed by atoms with van der Waals surface area (Å²) in [6.45, 7) is 9.94. The Morgan fingerprint density at radius 2 is 1.70 bits per heavy atom. The van der Waals surface area contributed by atoms with Gasteiger partial charge in [0, 0.05) is 43.4 Å². The van der Waals surface area contributed by atoms with Crippen LogP contribution in [0.5, 0.6) is 0 Å². The monoisotopic (exact) mass is 297 g/mol. The molecular formula is C16H28ClN3. The summed E-state index contributed by atoms with van der Waals surface area (Å²) < 4.78 is 0. The van der Waals surface area contributed by atoms with E-state index in [1.165, 1.54) is 0 Å². The zero-order chi connectivity index (χ0) is 15.0. The summed E-state index contributed by atoms with van der Waals surface area (Å²) in [6.07, 6.45) is 0. The van der Waals surface area contributed by atoms with Crippen LogP contribution in [0.15, 0.2) is 24.3 Å². The number of halogens is 1. The largest absolute Gasteiger partial charge is 0.384 e. The van der Waals surface area contributed by atoms with Gasteiger partial charge in [0.25, 0.3) is 0 Å². The standard InChI is InChI=1S/C16H28ClN3/c1-14(2)13-20(12-11-19(3)4)10-9-18-16-7-5-15(17)6-8-16/h5-8,14,18H,9-13H2,1-4H3. The molecule has 0 saturated carbocycles. The van der Waals surface area contributed by atoms with Gasteiger partial charge in [-0.3, -0.25) is 0 Å². The van der Waals surface area contributed by atoms with E-state index < -0.39 is 0 Å². The van der Waals surface area contributed by atoms with Crippen LogP contribution in [0, 0.1) is 5.92 Å². The predicted molar refractivity (Wildman–Crippen MR) is 89.8 cm³/mol. The van der Waals surface area contributed by atoms with Crippen LogP contribution in [0.4, 0.5) is 5.69 Å². The van der Waals surface area contributed by atoms with Crippen molar-refractivity contribution in [2.24, 2.45) is 5.92 Å². The second kappa shape index (κ2) is 9.22. The van der Waals surface area contributed by atoms with Crippen LogP contribution in [0.3, 0.4) is 0 Å². The number of hydrogen-bond donors (Lipinski definition) is 1. The van der Waals surface area contributed by atoms with Crippen LogP contribution in [0.2, 0.25) is 5.02 Å². The van der Waals surface area contributed by atoms with E-state index in [2.05, 4.69) is 43.1 Å². The second-order valence-corrected chi connectivity index (χ2v) is 6.37. The maximum Gasteiger partial charge on any atom is 0.0407 e. The van der Waals surface area contributed by atoms with Crippen molar-refractivity contribution in [3.63, 3.8) is 0 Å². The van der Waals surface area contributed by atoms with Crippen LogP contribution in [-0.4, -0.2) is 56.6 Å². The molecule has 0 amide bonds. The summed E-state index contributed by atoms with van der Waals surface area (Å²) in [4.78, 5) is 4.76. The molecule has 0 fully saturated rings. The Morgan fingerprint density at radius 3 is 2.25 bits per heavy atom. The molecule has 1 N–H and O–H groups in total. The highest BCUT2D eigenvalue weighted by Crippen LogP contribution is 2.13. The number of nitrogens with one attached hydrogen (secondary N) is 1. The Balaban J connectivity index is 2.34. The molecule has 0 aliphatic heterocycles. The molecule has 1 aromatic rings. The molecule has 4 heteroatoms. The first-order valence-corrected chi connectivity index (χ1v) is 7.71. The Bertz CT molecular complexity index is 362. The average Bonchev–Trinajstić information content (AvgIpc) is 2.37. The van der Waals surface area contributed by atoms with Gasteiger partial charge in [-0.25, -0.2) is 0 Å². The van der Waals surface area contributed by atoms with E-state index in [1.807, 2.05) is 24.3 Å². The second-order valence-electron chi connectivity index (χ2n) is 5.93. The molecule has 0 atom stereocenters.